The van der Waals surface area contributed by atoms with Gasteiger partial charge in [-0.25, -0.2) is 9.18 Å². The molecule has 1 aromatic heterocycles. The molecular formula is C21H19FN2O4. The number of nitrogens with zero attached hydrogens (tertiary/aromatic N) is 2. The Hall–Kier alpha value is -3.48. The average molecular weight is 382 g/mol. The van der Waals surface area contributed by atoms with Crippen LogP contribution >= 0.6 is 0 Å². The number of aryl methyl sites for hydroxylation is 1. The summed E-state index contributed by atoms with van der Waals surface area (Å²) in [6.07, 6.45) is 0. The van der Waals surface area contributed by atoms with Crippen LogP contribution in [0, 0.1) is 12.7 Å². The van der Waals surface area contributed by atoms with Gasteiger partial charge in [0.1, 0.15) is 12.4 Å². The van der Waals surface area contributed by atoms with Gasteiger partial charge in [-0.2, -0.15) is 9.78 Å². The van der Waals surface area contributed by atoms with Crippen LogP contribution in [0.15, 0.2) is 59.4 Å². The molecule has 2 aromatic carbocycles. The summed E-state index contributed by atoms with van der Waals surface area (Å²) in [6.45, 7) is 3.95. The summed E-state index contributed by atoms with van der Waals surface area (Å²) in [5, 5.41) is 4.10. The Labute approximate surface area is 161 Å². The Balaban J connectivity index is 1.97. The normalized spacial score (nSPS) is 10.5. The summed E-state index contributed by atoms with van der Waals surface area (Å²) >= 11 is 0. The van der Waals surface area contributed by atoms with Gasteiger partial charge in [-0.05, 0) is 43.7 Å². The molecule has 144 valence electrons. The zero-order chi connectivity index (χ0) is 20.1. The first-order valence-electron chi connectivity index (χ1n) is 8.73. The molecule has 0 amide bonds. The van der Waals surface area contributed by atoms with E-state index in [9.17, 15) is 14.0 Å². The number of benzene rings is 2. The molecule has 3 aromatic rings. The van der Waals surface area contributed by atoms with E-state index in [1.54, 1.807) is 6.92 Å². The lowest BCUT2D eigenvalue weighted by Crippen LogP contribution is -2.25. The summed E-state index contributed by atoms with van der Waals surface area (Å²) in [5.74, 6) is -1.12. The van der Waals surface area contributed by atoms with E-state index in [4.69, 9.17) is 9.47 Å². The molecular weight excluding hydrogens is 363 g/mol. The Morgan fingerprint density at radius 2 is 1.79 bits per heavy atom. The van der Waals surface area contributed by atoms with Gasteiger partial charge in [0.2, 0.25) is 5.69 Å². The molecule has 0 fully saturated rings. The first kappa shape index (κ1) is 19.3. The van der Waals surface area contributed by atoms with Gasteiger partial charge in [0.25, 0.3) is 5.56 Å². The second kappa shape index (κ2) is 8.47. The quantitative estimate of drug-likeness (QED) is 0.611. The first-order chi connectivity index (χ1) is 13.5. The van der Waals surface area contributed by atoms with Crippen molar-refractivity contribution in [2.75, 3.05) is 6.61 Å². The van der Waals surface area contributed by atoms with Crippen LogP contribution in [-0.2, 0) is 11.3 Å². The van der Waals surface area contributed by atoms with Crippen molar-refractivity contribution in [2.24, 2.45) is 0 Å². The number of carbonyl (C=O) groups excluding carboxylic acids is 1. The maximum atomic E-state index is 13.2. The molecule has 0 bridgehead atoms. The topological polar surface area (TPSA) is 70.4 Å². The molecule has 1 heterocycles. The minimum atomic E-state index is -0.711. The largest absolute Gasteiger partial charge is 0.486 e. The second-order valence-electron chi connectivity index (χ2n) is 6.08. The molecule has 0 unspecified atom stereocenters. The molecule has 0 aliphatic heterocycles. The van der Waals surface area contributed by atoms with Crippen molar-refractivity contribution in [2.45, 2.75) is 20.5 Å². The molecule has 0 aliphatic rings. The van der Waals surface area contributed by atoms with E-state index in [1.165, 1.54) is 30.3 Å². The fourth-order valence-electron chi connectivity index (χ4n) is 2.50. The van der Waals surface area contributed by atoms with Gasteiger partial charge < -0.3 is 9.47 Å². The van der Waals surface area contributed by atoms with E-state index in [-0.39, 0.29) is 24.7 Å². The number of ether oxygens (including phenoxy) is 2. The van der Waals surface area contributed by atoms with Gasteiger partial charge in [-0.15, -0.1) is 0 Å². The van der Waals surface area contributed by atoms with Gasteiger partial charge in [0.05, 0.1) is 18.4 Å². The van der Waals surface area contributed by atoms with Gasteiger partial charge >= 0.3 is 5.97 Å². The summed E-state index contributed by atoms with van der Waals surface area (Å²) in [6, 6.07) is 14.0. The number of hydrogen-bond acceptors (Lipinski definition) is 5. The van der Waals surface area contributed by atoms with Crippen molar-refractivity contribution >= 4 is 5.97 Å². The lowest BCUT2D eigenvalue weighted by molar-refractivity contribution is 0.0511. The molecule has 28 heavy (non-hydrogen) atoms. The lowest BCUT2D eigenvalue weighted by atomic mass is 10.2. The molecule has 6 nitrogen and oxygen atoms in total. The third-order valence-corrected chi connectivity index (χ3v) is 3.95. The monoisotopic (exact) mass is 382 g/mol. The number of hydrogen-bond donors (Lipinski definition) is 0. The molecule has 0 spiro atoms. The van der Waals surface area contributed by atoms with Crippen LogP contribution in [0.1, 0.15) is 28.5 Å². The highest BCUT2D eigenvalue weighted by Gasteiger charge is 2.20. The van der Waals surface area contributed by atoms with E-state index in [0.717, 1.165) is 15.8 Å². The van der Waals surface area contributed by atoms with Crippen LogP contribution in [0.25, 0.3) is 5.69 Å². The van der Waals surface area contributed by atoms with Crippen LogP contribution in [0.2, 0.25) is 0 Å². The number of esters is 1. The van der Waals surface area contributed by atoms with Crippen molar-refractivity contribution in [1.29, 1.82) is 0 Å². The zero-order valence-corrected chi connectivity index (χ0v) is 15.5. The number of halogens is 1. The Morgan fingerprint density at radius 1 is 1.11 bits per heavy atom. The lowest BCUT2D eigenvalue weighted by Gasteiger charge is -2.12. The van der Waals surface area contributed by atoms with Gasteiger partial charge in [0, 0.05) is 0 Å². The fraction of sp³-hybridized carbons (Fsp3) is 0.190. The molecule has 0 saturated heterocycles. The zero-order valence-electron chi connectivity index (χ0n) is 15.5. The summed E-state index contributed by atoms with van der Waals surface area (Å²) < 4.78 is 24.9. The van der Waals surface area contributed by atoms with Crippen LogP contribution in [0.5, 0.6) is 5.75 Å². The second-order valence-corrected chi connectivity index (χ2v) is 6.08. The number of carbonyl (C=O) groups is 1. The van der Waals surface area contributed by atoms with Crippen LogP contribution < -0.4 is 10.3 Å². The van der Waals surface area contributed by atoms with Crippen molar-refractivity contribution in [3.63, 3.8) is 0 Å². The third kappa shape index (κ3) is 4.43. The van der Waals surface area contributed by atoms with E-state index in [0.29, 0.717) is 5.69 Å². The third-order valence-electron chi connectivity index (χ3n) is 3.95. The maximum absolute atomic E-state index is 13.2. The molecule has 0 saturated carbocycles. The Kier molecular flexibility index (Phi) is 5.84. The fourth-order valence-corrected chi connectivity index (χ4v) is 2.50. The highest BCUT2D eigenvalue weighted by molar-refractivity contribution is 5.90. The standard InChI is InChI=1S/C21H19FN2O4/c1-3-27-21(26)20-18(28-13-15-6-4-14(2)5-7-15)12-19(25)24(23-20)17-10-8-16(22)9-11-17/h4-12H,3,13H2,1-2H3. The average Bonchev–Trinajstić information content (AvgIpc) is 2.68. The summed E-state index contributed by atoms with van der Waals surface area (Å²) in [4.78, 5) is 24.8. The highest BCUT2D eigenvalue weighted by atomic mass is 19.1. The van der Waals surface area contributed by atoms with E-state index in [1.807, 2.05) is 31.2 Å². The van der Waals surface area contributed by atoms with Crippen molar-refractivity contribution in [3.05, 3.63) is 87.6 Å². The Morgan fingerprint density at radius 3 is 2.43 bits per heavy atom. The molecule has 7 heteroatoms. The SMILES string of the molecule is CCOC(=O)c1nn(-c2ccc(F)cc2)c(=O)cc1OCc1ccc(C)cc1. The van der Waals surface area contributed by atoms with Crippen LogP contribution in [0.3, 0.4) is 0 Å². The minimum absolute atomic E-state index is 0.0300. The Bertz CT molecular complexity index is 1030. The van der Waals surface area contributed by atoms with Crippen LogP contribution in [-0.4, -0.2) is 22.4 Å². The maximum Gasteiger partial charge on any atom is 0.362 e. The molecule has 0 N–H and O–H groups in total. The number of rotatable bonds is 6. The predicted molar refractivity (Wildman–Crippen MR) is 101 cm³/mol. The van der Waals surface area contributed by atoms with Crippen molar-refractivity contribution in [3.8, 4) is 11.4 Å². The van der Waals surface area contributed by atoms with Crippen molar-refractivity contribution in [1.82, 2.24) is 9.78 Å². The van der Waals surface area contributed by atoms with Gasteiger partial charge in [0.15, 0.2) is 5.75 Å². The smallest absolute Gasteiger partial charge is 0.362 e. The van der Waals surface area contributed by atoms with E-state index < -0.39 is 17.3 Å². The molecule has 0 atom stereocenters. The molecule has 0 radical (unpaired) electrons. The van der Waals surface area contributed by atoms with Crippen LogP contribution in [0.4, 0.5) is 4.39 Å². The molecule has 0 aliphatic carbocycles. The highest BCUT2D eigenvalue weighted by Crippen LogP contribution is 2.18. The predicted octanol–water partition coefficient (Wildman–Crippen LogP) is 3.44. The number of aromatic nitrogens is 2. The molecule has 3 rings (SSSR count). The van der Waals surface area contributed by atoms with Gasteiger partial charge in [-0.1, -0.05) is 29.8 Å². The van der Waals surface area contributed by atoms with Gasteiger partial charge in [-0.3, -0.25) is 4.79 Å². The van der Waals surface area contributed by atoms with E-state index >= 15 is 0 Å². The summed E-state index contributed by atoms with van der Waals surface area (Å²) in [7, 11) is 0. The summed E-state index contributed by atoms with van der Waals surface area (Å²) in [5.41, 5.74) is 1.67. The van der Waals surface area contributed by atoms with E-state index in [2.05, 4.69) is 5.10 Å². The minimum Gasteiger partial charge on any atom is -0.486 e. The van der Waals surface area contributed by atoms with Crippen molar-refractivity contribution < 1.29 is 18.7 Å². The first-order valence-corrected chi connectivity index (χ1v) is 8.73.